The lowest BCUT2D eigenvalue weighted by Crippen LogP contribution is -2.58. The number of fused-ring (bicyclic) bond motifs is 1. The maximum Gasteiger partial charge on any atom is 0.268 e. The Morgan fingerprint density at radius 3 is 1.55 bits per heavy atom. The molecule has 0 saturated carbocycles. The first-order valence-corrected chi connectivity index (χ1v) is 21.0. The van der Waals surface area contributed by atoms with Crippen molar-refractivity contribution in [1.29, 1.82) is 0 Å². The van der Waals surface area contributed by atoms with E-state index in [1.54, 1.807) is 12.1 Å². The Labute approximate surface area is 340 Å². The summed E-state index contributed by atoms with van der Waals surface area (Å²) < 4.78 is 65.5. The van der Waals surface area contributed by atoms with Crippen LogP contribution in [0.25, 0.3) is 10.9 Å². The minimum absolute atomic E-state index is 0.145. The molecule has 0 bridgehead atoms. The third-order valence-corrected chi connectivity index (χ3v) is 12.2. The number of para-hydroxylation sites is 1. The third-order valence-electron chi connectivity index (χ3n) is 10.4. The topological polar surface area (TPSA) is 85.2 Å². The van der Waals surface area contributed by atoms with Crippen molar-refractivity contribution in [2.75, 3.05) is 6.61 Å². The van der Waals surface area contributed by atoms with E-state index in [9.17, 15) is 8.42 Å². The van der Waals surface area contributed by atoms with Crippen LogP contribution >= 0.6 is 0 Å². The van der Waals surface area contributed by atoms with Crippen molar-refractivity contribution < 1.29 is 32.1 Å². The number of aromatic nitrogens is 1. The van der Waals surface area contributed by atoms with Crippen molar-refractivity contribution in [2.45, 2.75) is 68.8 Å². The van der Waals surface area contributed by atoms with Gasteiger partial charge in [-0.25, -0.2) is 12.4 Å². The second-order valence-corrected chi connectivity index (χ2v) is 16.4. The van der Waals surface area contributed by atoms with Gasteiger partial charge in [-0.1, -0.05) is 157 Å². The average molecular weight is 794 g/mol. The SMILES string of the molecule is Cc1ccc(S(=O)(=O)n2c([C@H]3O[C@H](COCc4ccccc4)[C@@H](OCc4ccccc4)[C@H](OCc4ccccc4)[C@@H]3OCc3ccccc3)cc3ccccc32)cc1. The van der Waals surface area contributed by atoms with Crippen LogP contribution in [0.5, 0.6) is 0 Å². The molecule has 0 N–H and O–H groups in total. The van der Waals surface area contributed by atoms with Gasteiger partial charge < -0.3 is 23.7 Å². The number of aryl methyl sites for hydroxylation is 1. The molecule has 1 saturated heterocycles. The molecule has 5 atom stereocenters. The molecule has 2 heterocycles. The van der Waals surface area contributed by atoms with Gasteiger partial charge in [0, 0.05) is 5.39 Å². The van der Waals surface area contributed by atoms with E-state index in [1.807, 2.05) is 171 Å². The van der Waals surface area contributed by atoms with E-state index < -0.39 is 40.5 Å². The van der Waals surface area contributed by atoms with Crippen LogP contribution in [-0.2, 0) is 60.1 Å². The van der Waals surface area contributed by atoms with Gasteiger partial charge in [0.15, 0.2) is 0 Å². The Kier molecular flexibility index (Phi) is 12.6. The van der Waals surface area contributed by atoms with Crippen LogP contribution in [-0.4, -0.2) is 43.4 Å². The second-order valence-electron chi connectivity index (χ2n) is 14.6. The van der Waals surface area contributed by atoms with E-state index in [1.165, 1.54) is 3.97 Å². The zero-order chi connectivity index (χ0) is 39.7. The van der Waals surface area contributed by atoms with E-state index in [2.05, 4.69) is 0 Å². The fourth-order valence-corrected chi connectivity index (χ4v) is 9.01. The van der Waals surface area contributed by atoms with Crippen LogP contribution < -0.4 is 0 Å². The minimum Gasteiger partial charge on any atom is -0.374 e. The molecule has 0 aliphatic carbocycles. The molecule has 0 radical (unpaired) electrons. The molecule has 8 rings (SSSR count). The lowest BCUT2D eigenvalue weighted by Gasteiger charge is -2.46. The van der Waals surface area contributed by atoms with Crippen LogP contribution in [0.15, 0.2) is 181 Å². The van der Waals surface area contributed by atoms with Crippen LogP contribution in [0, 0.1) is 6.92 Å². The Balaban J connectivity index is 1.26. The normalized spacial score (nSPS) is 19.6. The summed E-state index contributed by atoms with van der Waals surface area (Å²) >= 11 is 0. The molecule has 6 aromatic carbocycles. The second kappa shape index (κ2) is 18.5. The van der Waals surface area contributed by atoms with Crippen molar-refractivity contribution in [3.8, 4) is 0 Å². The zero-order valence-corrected chi connectivity index (χ0v) is 33.2. The Hall–Kier alpha value is -5.39. The molecular weight excluding hydrogens is 747 g/mol. The van der Waals surface area contributed by atoms with Gasteiger partial charge in [-0.15, -0.1) is 0 Å². The average Bonchev–Trinajstić information content (AvgIpc) is 3.67. The highest BCUT2D eigenvalue weighted by Crippen LogP contribution is 2.41. The summed E-state index contributed by atoms with van der Waals surface area (Å²) in [6.45, 7) is 3.20. The van der Waals surface area contributed by atoms with Gasteiger partial charge in [-0.05, 0) is 53.4 Å². The number of benzene rings is 6. The van der Waals surface area contributed by atoms with Crippen molar-refractivity contribution in [3.63, 3.8) is 0 Å². The van der Waals surface area contributed by atoms with Crippen LogP contribution in [0.2, 0.25) is 0 Å². The fraction of sp³-hybridized carbons (Fsp3) is 0.224. The number of ether oxygens (including phenoxy) is 5. The van der Waals surface area contributed by atoms with Crippen LogP contribution in [0.3, 0.4) is 0 Å². The summed E-state index contributed by atoms with van der Waals surface area (Å²) in [7, 11) is -4.13. The van der Waals surface area contributed by atoms with Crippen molar-refractivity contribution >= 4 is 20.9 Å². The van der Waals surface area contributed by atoms with Crippen LogP contribution in [0.1, 0.15) is 39.6 Å². The standard InChI is InChI=1S/C49H47NO7S/c1-36-26-28-42(29-27-36)58(51,52)50-43-25-15-14-24-41(43)30-44(50)46-48(55-33-39-20-10-4-11-21-39)49(56-34-40-22-12-5-13-23-40)47(54-32-38-18-8-3-9-19-38)45(57-46)35-53-31-37-16-6-2-7-17-37/h2-30,45-49H,31-35H2,1H3/t45-,46-,47-,48-,49+/m1/s1. The molecule has 0 amide bonds. The maximum absolute atomic E-state index is 14.9. The van der Waals surface area contributed by atoms with Crippen molar-refractivity contribution in [2.24, 2.45) is 0 Å². The van der Waals surface area contributed by atoms with E-state index in [0.29, 0.717) is 17.8 Å². The number of nitrogens with zero attached hydrogens (tertiary/aromatic N) is 1. The molecule has 296 valence electrons. The van der Waals surface area contributed by atoms with E-state index >= 15 is 0 Å². The highest BCUT2D eigenvalue weighted by molar-refractivity contribution is 7.90. The predicted octanol–water partition coefficient (Wildman–Crippen LogP) is 9.60. The zero-order valence-electron chi connectivity index (χ0n) is 32.4. The largest absolute Gasteiger partial charge is 0.374 e. The maximum atomic E-state index is 14.9. The highest BCUT2D eigenvalue weighted by Gasteiger charge is 2.50. The molecule has 1 fully saturated rings. The minimum atomic E-state index is -4.13. The molecule has 0 spiro atoms. The molecule has 8 nitrogen and oxygen atoms in total. The first-order chi connectivity index (χ1) is 28.4. The summed E-state index contributed by atoms with van der Waals surface area (Å²) in [5, 5.41) is 0.750. The first-order valence-electron chi connectivity index (χ1n) is 19.6. The summed E-state index contributed by atoms with van der Waals surface area (Å²) in [6, 6.07) is 56.1. The third kappa shape index (κ3) is 9.16. The predicted molar refractivity (Wildman–Crippen MR) is 224 cm³/mol. The Morgan fingerprint density at radius 1 is 0.534 bits per heavy atom. The van der Waals surface area contributed by atoms with Gasteiger partial charge in [-0.2, -0.15) is 0 Å². The summed E-state index contributed by atoms with van der Waals surface area (Å²) in [5.41, 5.74) is 5.84. The quantitative estimate of drug-likeness (QED) is 0.0964. The number of hydrogen-bond donors (Lipinski definition) is 0. The molecule has 1 aliphatic heterocycles. The van der Waals surface area contributed by atoms with Gasteiger partial charge in [0.25, 0.3) is 10.0 Å². The molecule has 9 heteroatoms. The van der Waals surface area contributed by atoms with Gasteiger partial charge in [-0.3, -0.25) is 0 Å². The summed E-state index contributed by atoms with van der Waals surface area (Å²) in [6.07, 6.45) is -3.86. The molecule has 1 aromatic heterocycles. The van der Waals surface area contributed by atoms with Crippen LogP contribution in [0.4, 0.5) is 0 Å². The van der Waals surface area contributed by atoms with Gasteiger partial charge >= 0.3 is 0 Å². The first kappa shape index (κ1) is 39.4. The molecule has 0 unspecified atom stereocenters. The van der Waals surface area contributed by atoms with E-state index in [0.717, 1.165) is 33.2 Å². The fourth-order valence-electron chi connectivity index (χ4n) is 7.46. The summed E-state index contributed by atoms with van der Waals surface area (Å²) in [4.78, 5) is 0.168. The van der Waals surface area contributed by atoms with E-state index in [-0.39, 0.29) is 31.3 Å². The molecule has 1 aliphatic rings. The number of hydrogen-bond acceptors (Lipinski definition) is 7. The smallest absolute Gasteiger partial charge is 0.268 e. The molecular formula is C49H47NO7S. The van der Waals surface area contributed by atoms with E-state index in [4.69, 9.17) is 23.7 Å². The van der Waals surface area contributed by atoms with Gasteiger partial charge in [0.05, 0.1) is 49.1 Å². The lowest BCUT2D eigenvalue weighted by atomic mass is 9.92. The Bertz CT molecular complexity index is 2460. The lowest BCUT2D eigenvalue weighted by molar-refractivity contribution is -0.275. The Morgan fingerprint density at radius 2 is 1.00 bits per heavy atom. The molecule has 7 aromatic rings. The highest BCUT2D eigenvalue weighted by atomic mass is 32.2. The van der Waals surface area contributed by atoms with Crippen molar-refractivity contribution in [3.05, 3.63) is 209 Å². The van der Waals surface area contributed by atoms with Crippen molar-refractivity contribution in [1.82, 2.24) is 3.97 Å². The van der Waals surface area contributed by atoms with Gasteiger partial charge in [0.2, 0.25) is 0 Å². The molecule has 58 heavy (non-hydrogen) atoms. The monoisotopic (exact) mass is 793 g/mol. The van der Waals surface area contributed by atoms with Gasteiger partial charge in [0.1, 0.15) is 30.5 Å². The summed E-state index contributed by atoms with van der Waals surface area (Å²) in [5.74, 6) is 0. The number of rotatable bonds is 16.